The number of ketones is 1. The fourth-order valence-electron chi connectivity index (χ4n) is 3.70. The molecular weight excluding hydrogens is 464 g/mol. The van der Waals surface area contributed by atoms with E-state index in [2.05, 4.69) is 15.5 Å². The van der Waals surface area contributed by atoms with E-state index >= 15 is 0 Å². The lowest BCUT2D eigenvalue weighted by Gasteiger charge is -2.18. The molecule has 0 spiro atoms. The van der Waals surface area contributed by atoms with E-state index in [1.165, 1.54) is 11.8 Å². The number of carbonyl (C=O) groups is 2. The smallest absolute Gasteiger partial charge is 0.262 e. The fourth-order valence-corrected chi connectivity index (χ4v) is 4.54. The molecule has 5 rings (SSSR count). The van der Waals surface area contributed by atoms with Gasteiger partial charge in [0.25, 0.3) is 5.91 Å². The van der Waals surface area contributed by atoms with Crippen molar-refractivity contribution in [2.24, 2.45) is 0 Å². The number of rotatable bonds is 8. The van der Waals surface area contributed by atoms with E-state index in [9.17, 15) is 9.59 Å². The quantitative estimate of drug-likeness (QED) is 0.286. The summed E-state index contributed by atoms with van der Waals surface area (Å²) < 4.78 is 12.9. The summed E-state index contributed by atoms with van der Waals surface area (Å²) in [6, 6.07) is 22.5. The van der Waals surface area contributed by atoms with Crippen LogP contribution in [0, 0.1) is 0 Å². The maximum Gasteiger partial charge on any atom is 0.262 e. The van der Waals surface area contributed by atoms with Crippen LogP contribution < -0.4 is 14.8 Å². The summed E-state index contributed by atoms with van der Waals surface area (Å²) >= 11 is 1.30. The Morgan fingerprint density at radius 2 is 1.89 bits per heavy atom. The highest BCUT2D eigenvalue weighted by Gasteiger charge is 2.20. The summed E-state index contributed by atoms with van der Waals surface area (Å²) in [4.78, 5) is 24.6. The first-order valence-corrected chi connectivity index (χ1v) is 12.1. The van der Waals surface area contributed by atoms with Crippen molar-refractivity contribution in [3.8, 4) is 28.6 Å². The van der Waals surface area contributed by atoms with Gasteiger partial charge in [-0.2, -0.15) is 0 Å². The lowest BCUT2D eigenvalue weighted by molar-refractivity contribution is -0.118. The number of nitrogens with one attached hydrogen (secondary N) is 1. The number of ether oxygens (including phenoxy) is 2. The van der Waals surface area contributed by atoms with Crippen molar-refractivity contribution in [1.29, 1.82) is 0 Å². The molecule has 0 atom stereocenters. The molecule has 8 nitrogen and oxygen atoms in total. The van der Waals surface area contributed by atoms with Gasteiger partial charge in [0.2, 0.25) is 0 Å². The number of aromatic nitrogens is 3. The molecule has 0 aliphatic carbocycles. The molecule has 1 aliphatic rings. The van der Waals surface area contributed by atoms with Gasteiger partial charge in [-0.3, -0.25) is 14.2 Å². The van der Waals surface area contributed by atoms with E-state index in [0.29, 0.717) is 34.6 Å². The minimum absolute atomic E-state index is 0.0267. The fraction of sp³-hybridized carbons (Fsp3) is 0.154. The lowest BCUT2D eigenvalue weighted by Crippen LogP contribution is -2.25. The van der Waals surface area contributed by atoms with E-state index in [1.54, 1.807) is 18.2 Å². The van der Waals surface area contributed by atoms with Crippen molar-refractivity contribution in [1.82, 2.24) is 14.8 Å². The topological polar surface area (TPSA) is 95.3 Å². The predicted octanol–water partition coefficient (Wildman–Crippen LogP) is 4.64. The molecule has 35 heavy (non-hydrogen) atoms. The van der Waals surface area contributed by atoms with Crippen molar-refractivity contribution >= 4 is 29.1 Å². The van der Waals surface area contributed by atoms with Gasteiger partial charge >= 0.3 is 0 Å². The summed E-state index contributed by atoms with van der Waals surface area (Å²) in [5.74, 6) is 1.82. The Labute approximate surface area is 206 Å². The number of carbonyl (C=O) groups excluding carboxylic acids is 2. The molecule has 0 saturated heterocycles. The average molecular weight is 487 g/mol. The maximum atomic E-state index is 13.0. The Morgan fingerprint density at radius 1 is 1.09 bits per heavy atom. The molecule has 1 N–H and O–H groups in total. The zero-order chi connectivity index (χ0) is 24.2. The molecular formula is C26H22N4O4S. The Balaban J connectivity index is 1.42. The van der Waals surface area contributed by atoms with Crippen LogP contribution in [0.1, 0.15) is 17.3 Å². The van der Waals surface area contributed by atoms with Gasteiger partial charge in [0, 0.05) is 16.8 Å². The SMILES string of the molecule is CCOc1ccc(-n2c(SCC(=O)c3ccc4c(c3)NC(=O)CO4)nnc2-c2ccccc2)cc1. The molecule has 2 heterocycles. The van der Waals surface area contributed by atoms with Gasteiger partial charge in [-0.15, -0.1) is 10.2 Å². The van der Waals surface area contributed by atoms with Crippen molar-refractivity contribution in [2.45, 2.75) is 12.1 Å². The van der Waals surface area contributed by atoms with Gasteiger partial charge in [-0.25, -0.2) is 0 Å². The molecule has 176 valence electrons. The van der Waals surface area contributed by atoms with E-state index < -0.39 is 0 Å². The van der Waals surface area contributed by atoms with Crippen LogP contribution in [0.5, 0.6) is 11.5 Å². The second kappa shape index (κ2) is 10.0. The van der Waals surface area contributed by atoms with Crippen LogP contribution in [0.3, 0.4) is 0 Å². The third-order valence-electron chi connectivity index (χ3n) is 5.34. The molecule has 1 amide bonds. The van der Waals surface area contributed by atoms with Crippen molar-refractivity contribution < 1.29 is 19.1 Å². The Bertz CT molecular complexity index is 1370. The van der Waals surface area contributed by atoms with Crippen molar-refractivity contribution in [2.75, 3.05) is 24.3 Å². The lowest BCUT2D eigenvalue weighted by atomic mass is 10.1. The molecule has 1 aliphatic heterocycles. The summed E-state index contributed by atoms with van der Waals surface area (Å²) in [7, 11) is 0. The van der Waals surface area contributed by atoms with Gasteiger partial charge in [0.1, 0.15) is 11.5 Å². The monoisotopic (exact) mass is 486 g/mol. The number of Topliss-reactive ketones (excluding diaryl/α,β-unsaturated/α-hetero) is 1. The number of hydrogen-bond donors (Lipinski definition) is 1. The highest BCUT2D eigenvalue weighted by atomic mass is 32.2. The first-order valence-electron chi connectivity index (χ1n) is 11.1. The molecule has 1 aromatic heterocycles. The second-order valence-electron chi connectivity index (χ2n) is 7.69. The largest absolute Gasteiger partial charge is 0.494 e. The van der Waals surface area contributed by atoms with Gasteiger partial charge in [-0.05, 0) is 49.4 Å². The number of nitrogens with zero attached hydrogens (tertiary/aromatic N) is 3. The molecule has 0 bridgehead atoms. The number of fused-ring (bicyclic) bond motifs is 1. The van der Waals surface area contributed by atoms with Crippen LogP contribution in [0.4, 0.5) is 5.69 Å². The Morgan fingerprint density at radius 3 is 2.66 bits per heavy atom. The summed E-state index contributed by atoms with van der Waals surface area (Å²) in [6.45, 7) is 2.50. The molecule has 3 aromatic carbocycles. The van der Waals surface area contributed by atoms with E-state index in [0.717, 1.165) is 17.0 Å². The minimum Gasteiger partial charge on any atom is -0.494 e. The van der Waals surface area contributed by atoms with E-state index in [4.69, 9.17) is 9.47 Å². The Kier molecular flexibility index (Phi) is 6.49. The van der Waals surface area contributed by atoms with Gasteiger partial charge in [0.15, 0.2) is 23.4 Å². The van der Waals surface area contributed by atoms with E-state index in [-0.39, 0.29) is 24.1 Å². The number of benzene rings is 3. The van der Waals surface area contributed by atoms with Gasteiger partial charge in [-0.1, -0.05) is 42.1 Å². The molecule has 0 saturated carbocycles. The van der Waals surface area contributed by atoms with Gasteiger partial charge < -0.3 is 14.8 Å². The first kappa shape index (κ1) is 22.7. The minimum atomic E-state index is -0.242. The molecule has 4 aromatic rings. The standard InChI is InChI=1S/C26H22N4O4S/c1-2-33-20-11-9-19(10-12-20)30-25(17-6-4-3-5-7-17)28-29-26(30)35-16-22(31)18-8-13-23-21(14-18)27-24(32)15-34-23/h3-14H,2,15-16H2,1H3,(H,27,32). The van der Waals surface area contributed by atoms with Crippen molar-refractivity contribution in [3.63, 3.8) is 0 Å². The number of thioether (sulfide) groups is 1. The van der Waals surface area contributed by atoms with Gasteiger partial charge in [0.05, 0.1) is 18.0 Å². The summed E-state index contributed by atoms with van der Waals surface area (Å²) in [5.41, 5.74) is 2.76. The van der Waals surface area contributed by atoms with E-state index in [1.807, 2.05) is 66.1 Å². The van der Waals surface area contributed by atoms with Crippen molar-refractivity contribution in [3.05, 3.63) is 78.4 Å². The van der Waals surface area contributed by atoms with Crippen LogP contribution in [-0.4, -0.2) is 45.4 Å². The molecule has 0 fully saturated rings. The zero-order valence-electron chi connectivity index (χ0n) is 18.9. The Hall–Kier alpha value is -4.11. The summed E-state index contributed by atoms with van der Waals surface area (Å²) in [5, 5.41) is 12.1. The first-order chi connectivity index (χ1) is 17.1. The molecule has 0 unspecified atom stereocenters. The third kappa shape index (κ3) is 4.90. The molecule has 9 heteroatoms. The average Bonchev–Trinajstić information content (AvgIpc) is 3.32. The third-order valence-corrected chi connectivity index (χ3v) is 6.27. The summed E-state index contributed by atoms with van der Waals surface area (Å²) in [6.07, 6.45) is 0. The normalized spacial score (nSPS) is 12.4. The number of amides is 1. The maximum absolute atomic E-state index is 13.0. The predicted molar refractivity (Wildman–Crippen MR) is 134 cm³/mol. The number of hydrogen-bond acceptors (Lipinski definition) is 7. The van der Waals surface area contributed by atoms with Crippen LogP contribution in [-0.2, 0) is 4.79 Å². The van der Waals surface area contributed by atoms with Crippen LogP contribution >= 0.6 is 11.8 Å². The zero-order valence-corrected chi connectivity index (χ0v) is 19.7. The number of anilines is 1. The van der Waals surface area contributed by atoms with Crippen LogP contribution in [0.15, 0.2) is 78.0 Å². The van der Waals surface area contributed by atoms with Crippen LogP contribution in [0.2, 0.25) is 0 Å². The van der Waals surface area contributed by atoms with Crippen LogP contribution in [0.25, 0.3) is 17.1 Å². The highest BCUT2D eigenvalue weighted by molar-refractivity contribution is 7.99. The second-order valence-corrected chi connectivity index (χ2v) is 8.64. The highest BCUT2D eigenvalue weighted by Crippen LogP contribution is 2.31. The molecule has 0 radical (unpaired) electrons.